The number of nitrogens with zero attached hydrogens (tertiary/aromatic N) is 2. The van der Waals surface area contributed by atoms with E-state index in [1.54, 1.807) is 31.3 Å². The lowest BCUT2D eigenvalue weighted by Gasteiger charge is -2.42. The molecule has 2 aliphatic rings. The average molecular weight is 480 g/mol. The van der Waals surface area contributed by atoms with Crippen LogP contribution in [-0.2, 0) is 10.3 Å². The minimum Gasteiger partial charge on any atom is -0.489 e. The topological polar surface area (TPSA) is 77.2 Å². The highest BCUT2D eigenvalue weighted by atomic mass is 35.5. The van der Waals surface area contributed by atoms with Crippen LogP contribution in [0.3, 0.4) is 0 Å². The normalized spacial score (nSPS) is 23.5. The van der Waals surface area contributed by atoms with Crippen LogP contribution in [0.25, 0.3) is 11.1 Å². The molecule has 0 aliphatic carbocycles. The van der Waals surface area contributed by atoms with Gasteiger partial charge in [-0.1, -0.05) is 35.9 Å². The second-order valence-corrected chi connectivity index (χ2v) is 9.33. The first-order valence-corrected chi connectivity index (χ1v) is 11.2. The fourth-order valence-electron chi connectivity index (χ4n) is 4.60. The van der Waals surface area contributed by atoms with Crippen LogP contribution in [0.4, 0.5) is 4.39 Å². The van der Waals surface area contributed by atoms with E-state index in [2.05, 4.69) is 4.99 Å². The minimum absolute atomic E-state index is 0.128. The molecule has 8 heteroatoms. The number of halogens is 2. The predicted molar refractivity (Wildman–Crippen MR) is 129 cm³/mol. The van der Waals surface area contributed by atoms with Gasteiger partial charge in [0.25, 0.3) is 5.91 Å². The Kier molecular flexibility index (Phi) is 5.24. The van der Waals surface area contributed by atoms with E-state index in [4.69, 9.17) is 26.8 Å². The molecule has 0 fully saturated rings. The first-order chi connectivity index (χ1) is 16.2. The third-order valence-electron chi connectivity index (χ3n) is 6.20. The lowest BCUT2D eigenvalue weighted by atomic mass is 9.76. The van der Waals surface area contributed by atoms with Crippen molar-refractivity contribution in [3.63, 3.8) is 0 Å². The number of hydrogen-bond acceptors (Lipinski definition) is 5. The Hall–Kier alpha value is -3.58. The van der Waals surface area contributed by atoms with Crippen molar-refractivity contribution in [2.45, 2.75) is 24.5 Å². The van der Waals surface area contributed by atoms with Crippen molar-refractivity contribution in [2.24, 2.45) is 10.7 Å². The number of carbonyl (C=O) groups excluding carboxylic acids is 1. The third kappa shape index (κ3) is 3.76. The van der Waals surface area contributed by atoms with Crippen molar-refractivity contribution >= 4 is 23.5 Å². The summed E-state index contributed by atoms with van der Waals surface area (Å²) in [4.78, 5) is 19.5. The van der Waals surface area contributed by atoms with Crippen molar-refractivity contribution in [2.75, 3.05) is 13.7 Å². The molecule has 5 rings (SSSR count). The van der Waals surface area contributed by atoms with Gasteiger partial charge in [-0.05, 0) is 60.5 Å². The second kappa shape index (κ2) is 8.02. The fraction of sp³-hybridized carbons (Fsp3) is 0.231. The van der Waals surface area contributed by atoms with Gasteiger partial charge in [0.1, 0.15) is 29.5 Å². The van der Waals surface area contributed by atoms with Crippen LogP contribution in [-0.4, -0.2) is 36.0 Å². The van der Waals surface area contributed by atoms with Crippen molar-refractivity contribution in [3.05, 3.63) is 83.1 Å². The molecule has 0 radical (unpaired) electrons. The summed E-state index contributed by atoms with van der Waals surface area (Å²) in [5, 5.41) is 0.281. The average Bonchev–Trinajstić information content (AvgIpc) is 3.01. The van der Waals surface area contributed by atoms with Crippen LogP contribution in [0.1, 0.15) is 18.9 Å². The van der Waals surface area contributed by atoms with Crippen LogP contribution in [0.15, 0.2) is 71.7 Å². The largest absolute Gasteiger partial charge is 0.489 e. The van der Waals surface area contributed by atoms with Crippen LogP contribution < -0.4 is 15.2 Å². The summed E-state index contributed by atoms with van der Waals surface area (Å²) in [6.45, 7) is 2.09. The number of para-hydroxylation sites is 1. The molecule has 2 aliphatic heterocycles. The minimum atomic E-state index is -1.28. The van der Waals surface area contributed by atoms with Gasteiger partial charge < -0.3 is 15.2 Å². The number of rotatable bonds is 4. The molecule has 34 heavy (non-hydrogen) atoms. The second-order valence-electron chi connectivity index (χ2n) is 8.89. The number of likely N-dealkylation sites (N-methyl/N-ethyl adjacent to an activating group) is 1. The molecule has 0 saturated carbocycles. The number of benzene rings is 3. The maximum atomic E-state index is 14.0. The van der Waals surface area contributed by atoms with Crippen molar-refractivity contribution in [1.82, 2.24) is 4.90 Å². The Morgan fingerprint density at radius 1 is 1.15 bits per heavy atom. The highest BCUT2D eigenvalue weighted by molar-refractivity contribution is 6.30. The number of carbonyl (C=O) groups is 1. The molecule has 2 atom stereocenters. The Morgan fingerprint density at radius 2 is 1.91 bits per heavy atom. The maximum absolute atomic E-state index is 14.0. The molecule has 3 aromatic rings. The molecular formula is C26H23ClFN3O3. The fourth-order valence-corrected chi connectivity index (χ4v) is 4.83. The molecule has 3 aromatic carbocycles. The number of guanidine groups is 1. The van der Waals surface area contributed by atoms with Crippen LogP contribution in [0, 0.1) is 5.82 Å². The number of hydrogen-bond donors (Lipinski definition) is 1. The zero-order valence-electron chi connectivity index (χ0n) is 18.7. The third-order valence-corrected chi connectivity index (χ3v) is 6.42. The number of ether oxygens (including phenoxy) is 2. The number of aliphatic imine (C=N–C) groups is 1. The van der Waals surface area contributed by atoms with E-state index in [-0.39, 0.29) is 29.9 Å². The lowest BCUT2D eigenvalue weighted by Crippen LogP contribution is -2.52. The van der Waals surface area contributed by atoms with Gasteiger partial charge in [-0.2, -0.15) is 0 Å². The quantitative estimate of drug-likeness (QED) is 0.586. The summed E-state index contributed by atoms with van der Waals surface area (Å²) in [5.41, 5.74) is 5.78. The van der Waals surface area contributed by atoms with Crippen LogP contribution in [0.2, 0.25) is 5.02 Å². The van der Waals surface area contributed by atoms with E-state index >= 15 is 0 Å². The Morgan fingerprint density at radius 3 is 2.59 bits per heavy atom. The van der Waals surface area contributed by atoms with E-state index in [0.29, 0.717) is 28.2 Å². The van der Waals surface area contributed by atoms with E-state index in [0.717, 1.165) is 0 Å². The lowest BCUT2D eigenvalue weighted by molar-refractivity contribution is -0.134. The van der Waals surface area contributed by atoms with Crippen molar-refractivity contribution in [1.29, 1.82) is 0 Å². The van der Waals surface area contributed by atoms with E-state index < -0.39 is 17.0 Å². The van der Waals surface area contributed by atoms with Gasteiger partial charge in [0.2, 0.25) is 0 Å². The summed E-state index contributed by atoms with van der Waals surface area (Å²) in [7, 11) is 1.60. The van der Waals surface area contributed by atoms with Gasteiger partial charge in [0.15, 0.2) is 11.5 Å². The molecule has 0 saturated heterocycles. The van der Waals surface area contributed by atoms with Crippen LogP contribution >= 0.6 is 11.6 Å². The molecule has 1 unspecified atom stereocenters. The molecule has 0 aromatic heterocycles. The number of fused-ring (bicyclic) bond motifs is 2. The Balaban J connectivity index is 1.59. The van der Waals surface area contributed by atoms with Gasteiger partial charge >= 0.3 is 0 Å². The SMILES string of the molecule is CN1C(=O)C2(C[C@@](C)(COc3ccccc3)Oc3ccc(-c4cc(F)cc(Cl)c4)cc32)N=C1N. The summed E-state index contributed by atoms with van der Waals surface area (Å²) < 4.78 is 26.4. The van der Waals surface area contributed by atoms with E-state index in [1.807, 2.05) is 37.3 Å². The summed E-state index contributed by atoms with van der Waals surface area (Å²) in [5.74, 6) is 0.620. The molecule has 6 nitrogen and oxygen atoms in total. The molecule has 1 spiro atoms. The van der Waals surface area contributed by atoms with E-state index in [9.17, 15) is 9.18 Å². The van der Waals surface area contributed by atoms with Gasteiger partial charge in [0, 0.05) is 24.1 Å². The maximum Gasteiger partial charge on any atom is 0.261 e. The smallest absolute Gasteiger partial charge is 0.261 e. The van der Waals surface area contributed by atoms with Crippen molar-refractivity contribution < 1.29 is 18.7 Å². The van der Waals surface area contributed by atoms with Crippen molar-refractivity contribution in [3.8, 4) is 22.6 Å². The summed E-state index contributed by atoms with van der Waals surface area (Å²) in [6, 6.07) is 19.1. The summed E-state index contributed by atoms with van der Waals surface area (Å²) >= 11 is 6.07. The van der Waals surface area contributed by atoms with Gasteiger partial charge in [0.05, 0.1) is 0 Å². The van der Waals surface area contributed by atoms with Gasteiger partial charge in [-0.15, -0.1) is 0 Å². The Bertz CT molecular complexity index is 1300. The zero-order valence-corrected chi connectivity index (χ0v) is 19.5. The summed E-state index contributed by atoms with van der Waals surface area (Å²) in [6.07, 6.45) is 0.219. The molecule has 0 bridgehead atoms. The van der Waals surface area contributed by atoms with Gasteiger partial charge in [-0.25, -0.2) is 9.38 Å². The first-order valence-electron chi connectivity index (χ1n) is 10.8. The van der Waals surface area contributed by atoms with E-state index in [1.165, 1.54) is 17.0 Å². The van der Waals surface area contributed by atoms with Crippen LogP contribution in [0.5, 0.6) is 11.5 Å². The molecule has 2 heterocycles. The molecule has 2 N–H and O–H groups in total. The molecule has 1 amide bonds. The monoisotopic (exact) mass is 479 g/mol. The molecular weight excluding hydrogens is 457 g/mol. The zero-order chi connectivity index (χ0) is 24.1. The molecule has 174 valence electrons. The highest BCUT2D eigenvalue weighted by Crippen LogP contribution is 2.50. The highest BCUT2D eigenvalue weighted by Gasteiger charge is 2.57. The van der Waals surface area contributed by atoms with Gasteiger partial charge in [-0.3, -0.25) is 9.69 Å². The first kappa shape index (κ1) is 22.2. The standard InChI is InChI=1S/C26H23ClFN3O3/c1-25(15-33-20-6-4-3-5-7-20)14-26(23(32)31(2)24(29)30-26)21-12-16(8-9-22(21)34-25)17-10-18(27)13-19(28)11-17/h3-13H,14-15H2,1-2H3,(H2,29,30)/t25-,26?/m0/s1. The number of nitrogens with two attached hydrogens (primary N) is 1. The number of amides is 1. The predicted octanol–water partition coefficient (Wildman–Crippen LogP) is 4.75. The Labute approximate surface area is 201 Å².